The number of amides is 1. The Morgan fingerprint density at radius 1 is 1.50 bits per heavy atom. The van der Waals surface area contributed by atoms with Crippen molar-refractivity contribution in [3.8, 4) is 0 Å². The number of nitrogen functional groups attached to an aromatic ring is 1. The fraction of sp³-hybridized carbons (Fsp3) is 0.545. The monoisotopic (exact) mass is 241 g/mol. The number of nitrogens with two attached hydrogens (primary N) is 1. The van der Waals surface area contributed by atoms with Crippen molar-refractivity contribution in [1.82, 2.24) is 10.6 Å². The van der Waals surface area contributed by atoms with Gasteiger partial charge in [-0.15, -0.1) is 11.3 Å². The largest absolute Gasteiger partial charge is 0.398 e. The fourth-order valence-electron chi connectivity index (χ4n) is 1.24. The molecule has 0 aromatic carbocycles. The van der Waals surface area contributed by atoms with E-state index in [1.165, 1.54) is 0 Å². The molecular weight excluding hydrogens is 222 g/mol. The van der Waals surface area contributed by atoms with Gasteiger partial charge in [-0.2, -0.15) is 0 Å². The fourth-order valence-corrected chi connectivity index (χ4v) is 1.99. The Balaban J connectivity index is 2.38. The first kappa shape index (κ1) is 13.0. The van der Waals surface area contributed by atoms with Crippen LogP contribution in [0.3, 0.4) is 0 Å². The van der Waals surface area contributed by atoms with Crippen molar-refractivity contribution in [3.05, 3.63) is 16.3 Å². The van der Waals surface area contributed by atoms with Crippen LogP contribution in [0, 0.1) is 0 Å². The predicted octanol–water partition coefficient (Wildman–Crippen LogP) is 1.33. The van der Waals surface area contributed by atoms with Crippen molar-refractivity contribution in [2.75, 3.05) is 5.73 Å². The number of thiophene rings is 1. The highest BCUT2D eigenvalue weighted by Gasteiger charge is 2.13. The van der Waals surface area contributed by atoms with Crippen molar-refractivity contribution in [2.45, 2.75) is 39.4 Å². The summed E-state index contributed by atoms with van der Waals surface area (Å²) in [5.74, 6) is 0.0186. The van der Waals surface area contributed by atoms with E-state index >= 15 is 0 Å². The lowest BCUT2D eigenvalue weighted by Gasteiger charge is -2.15. The van der Waals surface area contributed by atoms with Gasteiger partial charge in [0.25, 0.3) is 0 Å². The zero-order chi connectivity index (χ0) is 12.1. The number of anilines is 1. The molecule has 0 aliphatic rings. The highest BCUT2D eigenvalue weighted by atomic mass is 32.1. The van der Waals surface area contributed by atoms with Crippen LogP contribution in [0.15, 0.2) is 11.4 Å². The van der Waals surface area contributed by atoms with E-state index in [1.807, 2.05) is 32.2 Å². The van der Waals surface area contributed by atoms with E-state index in [0.717, 1.165) is 10.6 Å². The minimum absolute atomic E-state index is 0.0186. The zero-order valence-electron chi connectivity index (χ0n) is 9.91. The summed E-state index contributed by atoms with van der Waals surface area (Å²) >= 11 is 1.60. The maximum Gasteiger partial charge on any atom is 0.237 e. The molecule has 16 heavy (non-hydrogen) atoms. The van der Waals surface area contributed by atoms with Crippen LogP contribution in [-0.2, 0) is 11.3 Å². The second-order valence-electron chi connectivity index (χ2n) is 4.06. The van der Waals surface area contributed by atoms with Gasteiger partial charge in [0.15, 0.2) is 0 Å². The lowest BCUT2D eigenvalue weighted by atomic mass is 10.2. The zero-order valence-corrected chi connectivity index (χ0v) is 10.7. The molecule has 1 heterocycles. The van der Waals surface area contributed by atoms with E-state index in [0.29, 0.717) is 6.54 Å². The van der Waals surface area contributed by atoms with Crippen molar-refractivity contribution in [3.63, 3.8) is 0 Å². The second kappa shape index (κ2) is 5.86. The third-order valence-electron chi connectivity index (χ3n) is 2.17. The van der Waals surface area contributed by atoms with E-state index in [4.69, 9.17) is 5.73 Å². The summed E-state index contributed by atoms with van der Waals surface area (Å²) in [5.41, 5.74) is 6.54. The molecule has 0 fully saturated rings. The molecule has 0 saturated carbocycles. The number of hydrogen-bond donors (Lipinski definition) is 3. The molecular formula is C11H19N3OS. The van der Waals surface area contributed by atoms with E-state index in [-0.39, 0.29) is 18.0 Å². The normalized spacial score (nSPS) is 12.8. The first-order chi connectivity index (χ1) is 7.50. The Morgan fingerprint density at radius 2 is 2.19 bits per heavy atom. The van der Waals surface area contributed by atoms with Crippen LogP contribution >= 0.6 is 11.3 Å². The molecule has 0 aliphatic heterocycles. The number of carbonyl (C=O) groups excluding carboxylic acids is 1. The lowest BCUT2D eigenvalue weighted by Crippen LogP contribution is -2.44. The SMILES string of the molecule is CC(C)NC(=O)C(C)NCc1sccc1N. The molecule has 1 aromatic rings. The average molecular weight is 241 g/mol. The molecule has 1 aromatic heterocycles. The predicted molar refractivity (Wildman–Crippen MR) is 68.3 cm³/mol. The summed E-state index contributed by atoms with van der Waals surface area (Å²) in [7, 11) is 0. The van der Waals surface area contributed by atoms with Gasteiger partial charge in [-0.1, -0.05) is 0 Å². The third kappa shape index (κ3) is 3.83. The van der Waals surface area contributed by atoms with Crippen LogP contribution in [0.5, 0.6) is 0 Å². The molecule has 1 unspecified atom stereocenters. The van der Waals surface area contributed by atoms with Crippen molar-refractivity contribution in [2.24, 2.45) is 0 Å². The van der Waals surface area contributed by atoms with Gasteiger partial charge in [0, 0.05) is 23.2 Å². The Hall–Kier alpha value is -1.07. The molecule has 5 heteroatoms. The molecule has 1 atom stereocenters. The summed E-state index contributed by atoms with van der Waals surface area (Å²) in [6, 6.07) is 1.84. The first-order valence-electron chi connectivity index (χ1n) is 5.36. The average Bonchev–Trinajstić information content (AvgIpc) is 2.59. The van der Waals surface area contributed by atoms with Crippen molar-refractivity contribution in [1.29, 1.82) is 0 Å². The van der Waals surface area contributed by atoms with Gasteiger partial charge in [-0.05, 0) is 32.2 Å². The van der Waals surface area contributed by atoms with Gasteiger partial charge < -0.3 is 16.4 Å². The molecule has 0 spiro atoms. The Bertz CT molecular complexity index is 349. The maximum absolute atomic E-state index is 11.6. The topological polar surface area (TPSA) is 67.2 Å². The number of hydrogen-bond acceptors (Lipinski definition) is 4. The second-order valence-corrected chi connectivity index (χ2v) is 5.07. The van der Waals surface area contributed by atoms with Crippen LogP contribution in [0.1, 0.15) is 25.6 Å². The number of carbonyl (C=O) groups is 1. The van der Waals surface area contributed by atoms with Crippen LogP contribution < -0.4 is 16.4 Å². The van der Waals surface area contributed by atoms with Gasteiger partial charge in [0.05, 0.1) is 6.04 Å². The Labute approximate surface area is 100 Å². The van der Waals surface area contributed by atoms with Crippen molar-refractivity contribution < 1.29 is 4.79 Å². The van der Waals surface area contributed by atoms with Crippen LogP contribution in [-0.4, -0.2) is 18.0 Å². The summed E-state index contributed by atoms with van der Waals surface area (Å²) in [4.78, 5) is 12.7. The van der Waals surface area contributed by atoms with E-state index in [9.17, 15) is 4.79 Å². The molecule has 90 valence electrons. The Morgan fingerprint density at radius 3 is 2.69 bits per heavy atom. The molecule has 1 rings (SSSR count). The van der Waals surface area contributed by atoms with Gasteiger partial charge in [0.1, 0.15) is 0 Å². The van der Waals surface area contributed by atoms with Gasteiger partial charge >= 0.3 is 0 Å². The molecule has 0 aliphatic carbocycles. The minimum atomic E-state index is -0.205. The van der Waals surface area contributed by atoms with Gasteiger partial charge in [-0.3, -0.25) is 4.79 Å². The molecule has 4 N–H and O–H groups in total. The van der Waals surface area contributed by atoms with E-state index in [2.05, 4.69) is 10.6 Å². The first-order valence-corrected chi connectivity index (χ1v) is 6.24. The molecule has 4 nitrogen and oxygen atoms in total. The van der Waals surface area contributed by atoms with Gasteiger partial charge in [-0.25, -0.2) is 0 Å². The molecule has 1 amide bonds. The van der Waals surface area contributed by atoms with Crippen molar-refractivity contribution >= 4 is 22.9 Å². The molecule has 0 saturated heterocycles. The van der Waals surface area contributed by atoms with Crippen LogP contribution in [0.25, 0.3) is 0 Å². The van der Waals surface area contributed by atoms with E-state index in [1.54, 1.807) is 11.3 Å². The summed E-state index contributed by atoms with van der Waals surface area (Å²) < 4.78 is 0. The standard InChI is InChI=1S/C11H19N3OS/c1-7(2)14-11(15)8(3)13-6-10-9(12)4-5-16-10/h4-5,7-8,13H,6,12H2,1-3H3,(H,14,15). The summed E-state index contributed by atoms with van der Waals surface area (Å²) in [6.45, 7) is 6.38. The third-order valence-corrected chi connectivity index (χ3v) is 3.11. The number of nitrogens with one attached hydrogen (secondary N) is 2. The van der Waals surface area contributed by atoms with Gasteiger partial charge in [0.2, 0.25) is 5.91 Å². The highest BCUT2D eigenvalue weighted by Crippen LogP contribution is 2.18. The summed E-state index contributed by atoms with van der Waals surface area (Å²) in [5, 5.41) is 7.96. The van der Waals surface area contributed by atoms with Crippen LogP contribution in [0.2, 0.25) is 0 Å². The maximum atomic E-state index is 11.6. The molecule has 0 radical (unpaired) electrons. The smallest absolute Gasteiger partial charge is 0.237 e. The quantitative estimate of drug-likeness (QED) is 0.728. The lowest BCUT2D eigenvalue weighted by molar-refractivity contribution is -0.123. The van der Waals surface area contributed by atoms with E-state index < -0.39 is 0 Å². The van der Waals surface area contributed by atoms with Crippen LogP contribution in [0.4, 0.5) is 5.69 Å². The Kier molecular flexibility index (Phi) is 4.76. The summed E-state index contributed by atoms with van der Waals surface area (Å²) in [6.07, 6.45) is 0. The molecule has 0 bridgehead atoms. The number of rotatable bonds is 5. The minimum Gasteiger partial charge on any atom is -0.398 e. The highest BCUT2D eigenvalue weighted by molar-refractivity contribution is 7.10.